The predicted octanol–water partition coefficient (Wildman–Crippen LogP) is 2.57. The van der Waals surface area contributed by atoms with Gasteiger partial charge in [-0.25, -0.2) is 0 Å². The van der Waals surface area contributed by atoms with Crippen LogP contribution in [-0.2, 0) is 0 Å². The number of rotatable bonds is 2. The lowest BCUT2D eigenvalue weighted by Gasteiger charge is -2.07. The Balaban J connectivity index is 3.09. The first-order valence-corrected chi connectivity index (χ1v) is 5.78. The molecule has 2 N–H and O–H groups in total. The number of nitrogens with zero attached hydrogens (tertiary/aromatic N) is 3. The Bertz CT molecular complexity index is 514. The minimum absolute atomic E-state index is 0.00829. The molecule has 0 bridgehead atoms. The van der Waals surface area contributed by atoms with Crippen molar-refractivity contribution in [1.29, 1.82) is 10.5 Å². The summed E-state index contributed by atoms with van der Waals surface area (Å²) in [7, 11) is 0. The summed E-state index contributed by atoms with van der Waals surface area (Å²) in [5, 5.41) is 30.2. The van der Waals surface area contributed by atoms with Crippen LogP contribution in [0, 0.1) is 26.2 Å². The van der Waals surface area contributed by atoms with Gasteiger partial charge in [0.25, 0.3) is 0 Å². The lowest BCUT2D eigenvalue weighted by Crippen LogP contribution is -1.97. The maximum absolute atomic E-state index is 9.70. The van der Waals surface area contributed by atoms with Crippen molar-refractivity contribution in [3.63, 3.8) is 0 Å². The minimum atomic E-state index is -0.315. The number of phenolic OH excluding ortho intramolecular Hbond substituents is 1. The fourth-order valence-corrected chi connectivity index (χ4v) is 1.69. The van der Waals surface area contributed by atoms with Crippen LogP contribution in [0.15, 0.2) is 21.7 Å². The van der Waals surface area contributed by atoms with E-state index in [4.69, 9.17) is 10.5 Å². The standard InChI is InChI=1S/C9H4BrIN4O/c10-6-1-2-7(11)9(16)8(6)15-14-5(3-12)4-13/h1-2,15-16H. The summed E-state index contributed by atoms with van der Waals surface area (Å²) in [5.41, 5.74) is 2.47. The first-order valence-electron chi connectivity index (χ1n) is 3.91. The first-order chi connectivity index (χ1) is 7.60. The molecular formula is C9H4BrIN4O. The molecule has 5 nitrogen and oxygen atoms in total. The van der Waals surface area contributed by atoms with Gasteiger partial charge in [0.15, 0.2) is 5.75 Å². The molecule has 0 radical (unpaired) electrons. The average molecular weight is 391 g/mol. The van der Waals surface area contributed by atoms with Gasteiger partial charge in [-0.1, -0.05) is 0 Å². The van der Waals surface area contributed by atoms with E-state index < -0.39 is 0 Å². The highest BCUT2D eigenvalue weighted by Gasteiger charge is 2.09. The number of aromatic hydroxyl groups is 1. The van der Waals surface area contributed by atoms with Crippen LogP contribution < -0.4 is 5.43 Å². The van der Waals surface area contributed by atoms with Crippen molar-refractivity contribution in [3.8, 4) is 17.9 Å². The van der Waals surface area contributed by atoms with Crippen LogP contribution in [0.5, 0.6) is 5.75 Å². The predicted molar refractivity (Wildman–Crippen MR) is 70.8 cm³/mol. The second-order valence-electron chi connectivity index (χ2n) is 2.55. The van der Waals surface area contributed by atoms with Crippen LogP contribution in [-0.4, -0.2) is 10.8 Å². The molecule has 0 atom stereocenters. The topological polar surface area (TPSA) is 92.2 Å². The zero-order valence-corrected chi connectivity index (χ0v) is 11.4. The van der Waals surface area contributed by atoms with Crippen LogP contribution >= 0.6 is 38.5 Å². The van der Waals surface area contributed by atoms with Gasteiger partial charge >= 0.3 is 0 Å². The number of anilines is 1. The summed E-state index contributed by atoms with van der Waals surface area (Å²) in [5.74, 6) is 0.00829. The zero-order chi connectivity index (χ0) is 12.1. The van der Waals surface area contributed by atoms with Gasteiger partial charge in [-0.15, -0.1) is 0 Å². The van der Waals surface area contributed by atoms with E-state index in [0.29, 0.717) is 13.7 Å². The molecule has 1 aromatic carbocycles. The van der Waals surface area contributed by atoms with E-state index in [2.05, 4.69) is 26.5 Å². The quantitative estimate of drug-likeness (QED) is 0.351. The Labute approximate surface area is 114 Å². The van der Waals surface area contributed by atoms with Gasteiger partial charge in [-0.3, -0.25) is 5.43 Å². The number of phenols is 1. The number of hydrogen-bond donors (Lipinski definition) is 2. The van der Waals surface area contributed by atoms with Gasteiger partial charge in [-0.2, -0.15) is 15.6 Å². The van der Waals surface area contributed by atoms with E-state index in [0.717, 1.165) is 0 Å². The molecule has 7 heteroatoms. The van der Waals surface area contributed by atoms with Gasteiger partial charge in [-0.05, 0) is 50.7 Å². The second-order valence-corrected chi connectivity index (χ2v) is 4.57. The third kappa shape index (κ3) is 2.84. The highest BCUT2D eigenvalue weighted by atomic mass is 127. The number of hydrazone groups is 1. The molecule has 0 fully saturated rings. The molecule has 0 saturated carbocycles. The number of nitrogens with one attached hydrogen (secondary N) is 1. The number of benzene rings is 1. The van der Waals surface area contributed by atoms with E-state index in [9.17, 15) is 5.11 Å². The normalized spacial score (nSPS) is 8.75. The van der Waals surface area contributed by atoms with Gasteiger partial charge < -0.3 is 5.11 Å². The Hall–Kier alpha value is -1.32. The molecule has 16 heavy (non-hydrogen) atoms. The summed E-state index contributed by atoms with van der Waals surface area (Å²) in [6.07, 6.45) is 0. The van der Waals surface area contributed by atoms with Gasteiger partial charge in [0.05, 0.1) is 3.57 Å². The molecule has 0 aliphatic heterocycles. The molecule has 0 saturated heterocycles. The molecule has 0 aliphatic carbocycles. The molecule has 1 rings (SSSR count). The third-order valence-electron chi connectivity index (χ3n) is 1.57. The maximum atomic E-state index is 9.70. The van der Waals surface area contributed by atoms with E-state index in [1.807, 2.05) is 22.6 Å². The molecule has 0 unspecified atom stereocenters. The Morgan fingerprint density at radius 1 is 1.44 bits per heavy atom. The number of hydrogen-bond acceptors (Lipinski definition) is 5. The lowest BCUT2D eigenvalue weighted by atomic mass is 10.3. The van der Waals surface area contributed by atoms with Crippen LogP contribution in [0.25, 0.3) is 0 Å². The van der Waals surface area contributed by atoms with Gasteiger partial charge in [0.1, 0.15) is 17.8 Å². The summed E-state index contributed by atoms with van der Waals surface area (Å²) in [4.78, 5) is 0. The van der Waals surface area contributed by atoms with Crippen LogP contribution in [0.2, 0.25) is 0 Å². The minimum Gasteiger partial charge on any atom is -0.505 e. The van der Waals surface area contributed by atoms with Crippen molar-refractivity contribution in [2.24, 2.45) is 5.10 Å². The zero-order valence-electron chi connectivity index (χ0n) is 7.70. The molecule has 0 aliphatic rings. The maximum Gasteiger partial charge on any atom is 0.237 e. The van der Waals surface area contributed by atoms with Crippen molar-refractivity contribution < 1.29 is 5.11 Å². The molecular weight excluding hydrogens is 387 g/mol. The Morgan fingerprint density at radius 2 is 2.06 bits per heavy atom. The molecule has 0 aromatic heterocycles. The summed E-state index contributed by atoms with van der Waals surface area (Å²) >= 11 is 5.17. The number of nitriles is 2. The summed E-state index contributed by atoms with van der Waals surface area (Å²) in [6, 6.07) is 6.64. The van der Waals surface area contributed by atoms with E-state index in [-0.39, 0.29) is 11.5 Å². The molecule has 0 heterocycles. The second kappa shape index (κ2) is 5.68. The van der Waals surface area contributed by atoms with Crippen LogP contribution in [0.3, 0.4) is 0 Å². The van der Waals surface area contributed by atoms with Crippen molar-refractivity contribution in [3.05, 3.63) is 20.2 Å². The van der Waals surface area contributed by atoms with Gasteiger partial charge in [0.2, 0.25) is 5.71 Å². The average Bonchev–Trinajstić information content (AvgIpc) is 2.29. The monoisotopic (exact) mass is 390 g/mol. The van der Waals surface area contributed by atoms with Crippen molar-refractivity contribution in [2.45, 2.75) is 0 Å². The summed E-state index contributed by atoms with van der Waals surface area (Å²) < 4.78 is 1.22. The fourth-order valence-electron chi connectivity index (χ4n) is 0.834. The van der Waals surface area contributed by atoms with Crippen molar-refractivity contribution in [1.82, 2.24) is 0 Å². The molecule has 80 valence electrons. The Morgan fingerprint density at radius 3 is 2.62 bits per heavy atom. The van der Waals surface area contributed by atoms with Gasteiger partial charge in [0, 0.05) is 4.47 Å². The van der Waals surface area contributed by atoms with Crippen molar-refractivity contribution >= 4 is 49.9 Å². The van der Waals surface area contributed by atoms with E-state index >= 15 is 0 Å². The van der Waals surface area contributed by atoms with Crippen molar-refractivity contribution in [2.75, 3.05) is 5.43 Å². The summed E-state index contributed by atoms with van der Waals surface area (Å²) in [6.45, 7) is 0. The Kier molecular flexibility index (Phi) is 4.52. The smallest absolute Gasteiger partial charge is 0.237 e. The molecule has 1 aromatic rings. The first kappa shape index (κ1) is 12.7. The van der Waals surface area contributed by atoms with Crippen LogP contribution in [0.4, 0.5) is 5.69 Å². The number of halogens is 2. The molecule has 0 amide bonds. The fraction of sp³-hybridized carbons (Fsp3) is 0. The largest absolute Gasteiger partial charge is 0.505 e. The van der Waals surface area contributed by atoms with E-state index in [1.54, 1.807) is 24.3 Å². The lowest BCUT2D eigenvalue weighted by molar-refractivity contribution is 0.473. The highest BCUT2D eigenvalue weighted by molar-refractivity contribution is 14.1. The third-order valence-corrected chi connectivity index (χ3v) is 3.10. The van der Waals surface area contributed by atoms with Crippen LogP contribution in [0.1, 0.15) is 0 Å². The highest BCUT2D eigenvalue weighted by Crippen LogP contribution is 2.35. The van der Waals surface area contributed by atoms with E-state index in [1.165, 1.54) is 0 Å². The molecule has 0 spiro atoms. The SMILES string of the molecule is N#CC(C#N)=NNc1c(Br)ccc(I)c1O.